The van der Waals surface area contributed by atoms with E-state index in [0.717, 1.165) is 5.56 Å². The van der Waals surface area contributed by atoms with Gasteiger partial charge in [0.1, 0.15) is 5.82 Å². The van der Waals surface area contributed by atoms with Crippen LogP contribution in [0.5, 0.6) is 0 Å². The van der Waals surface area contributed by atoms with Gasteiger partial charge in [-0.1, -0.05) is 33.3 Å². The summed E-state index contributed by atoms with van der Waals surface area (Å²) in [5.74, 6) is -1.22. The van der Waals surface area contributed by atoms with E-state index < -0.39 is 12.0 Å². The van der Waals surface area contributed by atoms with Crippen LogP contribution in [0.15, 0.2) is 18.2 Å². The molecular formula is C15H22FNO2. The molecule has 0 fully saturated rings. The van der Waals surface area contributed by atoms with E-state index in [1.165, 1.54) is 18.6 Å². The van der Waals surface area contributed by atoms with Gasteiger partial charge in [-0.25, -0.2) is 4.39 Å². The maximum absolute atomic E-state index is 13.0. The highest BCUT2D eigenvalue weighted by molar-refractivity contribution is 5.77. The van der Waals surface area contributed by atoms with Gasteiger partial charge in [0.25, 0.3) is 0 Å². The maximum atomic E-state index is 13.0. The topological polar surface area (TPSA) is 63.3 Å². The quantitative estimate of drug-likeness (QED) is 0.865. The van der Waals surface area contributed by atoms with Gasteiger partial charge in [0.15, 0.2) is 0 Å². The minimum absolute atomic E-state index is 0.108. The van der Waals surface area contributed by atoms with Crippen LogP contribution in [0.1, 0.15) is 56.8 Å². The lowest BCUT2D eigenvalue weighted by molar-refractivity contribution is -0.122. The van der Waals surface area contributed by atoms with Crippen molar-refractivity contribution in [3.05, 3.63) is 35.1 Å². The van der Waals surface area contributed by atoms with Crippen molar-refractivity contribution < 1.29 is 14.3 Å². The third-order valence-corrected chi connectivity index (χ3v) is 3.34. The summed E-state index contributed by atoms with van der Waals surface area (Å²) in [6.45, 7) is 5.98. The molecule has 1 aromatic rings. The van der Waals surface area contributed by atoms with Crippen LogP contribution in [0.2, 0.25) is 0 Å². The standard InChI is InChI=1S/C12H14FNO2.C3H8/c1-6(12(14)16)9-5-11(15)10-4-7(13)2-3-8(9)10;1-3-2/h2-4,6,9,11,15H,5H2,1H3,(H2,14,16);3H2,1-2H3. The van der Waals surface area contributed by atoms with E-state index >= 15 is 0 Å². The van der Waals surface area contributed by atoms with Gasteiger partial charge < -0.3 is 10.8 Å². The highest BCUT2D eigenvalue weighted by Gasteiger charge is 2.35. The SMILES string of the molecule is CC(C(N)=O)C1CC(O)c2cc(F)ccc21.CCC. The molecule has 0 saturated carbocycles. The molecular weight excluding hydrogens is 245 g/mol. The number of primary amides is 1. The van der Waals surface area contributed by atoms with Crippen molar-refractivity contribution in [2.45, 2.75) is 45.6 Å². The molecule has 0 bridgehead atoms. The second-order valence-corrected chi connectivity index (χ2v) is 5.03. The second-order valence-electron chi connectivity index (χ2n) is 5.03. The first-order valence-electron chi connectivity index (χ1n) is 6.69. The molecule has 0 radical (unpaired) electrons. The van der Waals surface area contributed by atoms with E-state index in [1.54, 1.807) is 13.0 Å². The first-order chi connectivity index (χ1) is 8.92. The van der Waals surface area contributed by atoms with E-state index in [-0.39, 0.29) is 17.7 Å². The summed E-state index contributed by atoms with van der Waals surface area (Å²) < 4.78 is 13.0. The Labute approximate surface area is 113 Å². The van der Waals surface area contributed by atoms with E-state index in [0.29, 0.717) is 12.0 Å². The Hall–Kier alpha value is -1.42. The Balaban J connectivity index is 0.000000550. The molecule has 106 valence electrons. The fraction of sp³-hybridized carbons (Fsp3) is 0.533. The highest BCUT2D eigenvalue weighted by Crippen LogP contribution is 2.44. The molecule has 3 unspecified atom stereocenters. The highest BCUT2D eigenvalue weighted by atomic mass is 19.1. The molecule has 4 heteroatoms. The smallest absolute Gasteiger partial charge is 0.220 e. The van der Waals surface area contributed by atoms with Crippen LogP contribution >= 0.6 is 0 Å². The normalized spacial score (nSPS) is 22.2. The van der Waals surface area contributed by atoms with E-state index in [4.69, 9.17) is 5.73 Å². The van der Waals surface area contributed by atoms with Crippen molar-refractivity contribution in [3.63, 3.8) is 0 Å². The number of aliphatic hydroxyl groups is 1. The van der Waals surface area contributed by atoms with Gasteiger partial charge in [-0.05, 0) is 35.6 Å². The minimum Gasteiger partial charge on any atom is -0.388 e. The number of benzene rings is 1. The number of nitrogens with two attached hydrogens (primary N) is 1. The molecule has 1 aliphatic rings. The molecule has 1 aromatic carbocycles. The van der Waals surface area contributed by atoms with Crippen molar-refractivity contribution in [3.8, 4) is 0 Å². The van der Waals surface area contributed by atoms with Crippen LogP contribution in [0.3, 0.4) is 0 Å². The fourth-order valence-electron chi connectivity index (χ4n) is 2.34. The fourth-order valence-corrected chi connectivity index (χ4v) is 2.34. The zero-order valence-corrected chi connectivity index (χ0v) is 11.7. The van der Waals surface area contributed by atoms with Gasteiger partial charge in [-0.15, -0.1) is 0 Å². The Morgan fingerprint density at radius 1 is 1.47 bits per heavy atom. The van der Waals surface area contributed by atoms with Crippen LogP contribution < -0.4 is 5.73 Å². The second kappa shape index (κ2) is 6.66. The zero-order chi connectivity index (χ0) is 14.6. The number of hydrogen-bond acceptors (Lipinski definition) is 2. The minimum atomic E-state index is -0.697. The molecule has 0 aliphatic heterocycles. The molecule has 2 rings (SSSR count). The van der Waals surface area contributed by atoms with Gasteiger partial charge in [0.05, 0.1) is 6.10 Å². The summed E-state index contributed by atoms with van der Waals surface area (Å²) in [5, 5.41) is 9.79. The van der Waals surface area contributed by atoms with Crippen LogP contribution in [0, 0.1) is 11.7 Å². The van der Waals surface area contributed by atoms with E-state index in [9.17, 15) is 14.3 Å². The number of fused-ring (bicyclic) bond motifs is 1. The van der Waals surface area contributed by atoms with E-state index in [1.807, 2.05) is 0 Å². The van der Waals surface area contributed by atoms with Crippen LogP contribution in [-0.4, -0.2) is 11.0 Å². The molecule has 0 spiro atoms. The predicted octanol–water partition coefficient (Wildman–Crippen LogP) is 2.88. The predicted molar refractivity (Wildman–Crippen MR) is 73.0 cm³/mol. The number of amides is 1. The van der Waals surface area contributed by atoms with Crippen molar-refractivity contribution in [1.29, 1.82) is 0 Å². The zero-order valence-electron chi connectivity index (χ0n) is 11.7. The number of aliphatic hydroxyl groups excluding tert-OH is 1. The maximum Gasteiger partial charge on any atom is 0.220 e. The van der Waals surface area contributed by atoms with Gasteiger partial charge in [0.2, 0.25) is 5.91 Å². The van der Waals surface area contributed by atoms with Crippen molar-refractivity contribution in [1.82, 2.24) is 0 Å². The molecule has 3 N–H and O–H groups in total. The Morgan fingerprint density at radius 2 is 2.05 bits per heavy atom. The summed E-state index contributed by atoms with van der Waals surface area (Å²) >= 11 is 0. The number of hydrogen-bond donors (Lipinski definition) is 2. The summed E-state index contributed by atoms with van der Waals surface area (Å²) in [4.78, 5) is 11.1. The van der Waals surface area contributed by atoms with Gasteiger partial charge in [-0.2, -0.15) is 0 Å². The van der Waals surface area contributed by atoms with E-state index in [2.05, 4.69) is 13.8 Å². The third-order valence-electron chi connectivity index (χ3n) is 3.34. The summed E-state index contributed by atoms with van der Waals surface area (Å²) in [6, 6.07) is 4.30. The average Bonchev–Trinajstić information content (AvgIpc) is 2.66. The molecule has 3 atom stereocenters. The molecule has 0 saturated heterocycles. The van der Waals surface area contributed by atoms with Gasteiger partial charge in [0, 0.05) is 5.92 Å². The summed E-state index contributed by atoms with van der Waals surface area (Å²) in [7, 11) is 0. The number of carbonyl (C=O) groups is 1. The van der Waals surface area contributed by atoms with Crippen LogP contribution in [0.25, 0.3) is 0 Å². The molecule has 0 heterocycles. The van der Waals surface area contributed by atoms with Crippen LogP contribution in [0.4, 0.5) is 4.39 Å². The first-order valence-corrected chi connectivity index (χ1v) is 6.69. The van der Waals surface area contributed by atoms with Gasteiger partial charge >= 0.3 is 0 Å². The Kier molecular flexibility index (Phi) is 5.48. The lowest BCUT2D eigenvalue weighted by Gasteiger charge is -2.16. The summed E-state index contributed by atoms with van der Waals surface area (Å²) in [6.07, 6.45) is 0.987. The number of halogens is 1. The molecule has 19 heavy (non-hydrogen) atoms. The Bertz CT molecular complexity index is 448. The summed E-state index contributed by atoms with van der Waals surface area (Å²) in [5.41, 5.74) is 6.67. The lowest BCUT2D eigenvalue weighted by atomic mass is 9.88. The van der Waals surface area contributed by atoms with Crippen molar-refractivity contribution >= 4 is 5.91 Å². The average molecular weight is 267 g/mol. The number of rotatable bonds is 2. The van der Waals surface area contributed by atoms with Crippen molar-refractivity contribution in [2.24, 2.45) is 11.7 Å². The molecule has 0 aromatic heterocycles. The van der Waals surface area contributed by atoms with Gasteiger partial charge in [-0.3, -0.25) is 4.79 Å². The first kappa shape index (κ1) is 15.6. The lowest BCUT2D eigenvalue weighted by Crippen LogP contribution is -2.25. The third kappa shape index (κ3) is 3.53. The molecule has 1 aliphatic carbocycles. The number of carbonyl (C=O) groups excluding carboxylic acids is 1. The monoisotopic (exact) mass is 267 g/mol. The molecule has 1 amide bonds. The van der Waals surface area contributed by atoms with Crippen LogP contribution in [-0.2, 0) is 4.79 Å². The molecule has 3 nitrogen and oxygen atoms in total. The van der Waals surface area contributed by atoms with Crippen molar-refractivity contribution in [2.75, 3.05) is 0 Å². The largest absolute Gasteiger partial charge is 0.388 e. The Morgan fingerprint density at radius 3 is 2.58 bits per heavy atom.